The van der Waals surface area contributed by atoms with Gasteiger partial charge in [-0.25, -0.2) is 0 Å². The average molecular weight is 518 g/mol. The number of carbonyl (C=O) groups is 3. The van der Waals surface area contributed by atoms with Crippen molar-refractivity contribution in [1.82, 2.24) is 14.7 Å². The number of hydrogen-bond acceptors (Lipinski definition) is 5. The van der Waals surface area contributed by atoms with Crippen LogP contribution in [-0.4, -0.2) is 94.6 Å². The quantitative estimate of drug-likeness (QED) is 0.251. The number of carbonyl (C=O) groups excluding carboxylic acids is 3. The van der Waals surface area contributed by atoms with Crippen LogP contribution in [0.15, 0.2) is 25.3 Å². The van der Waals surface area contributed by atoms with Gasteiger partial charge in [-0.15, -0.1) is 13.2 Å². The van der Waals surface area contributed by atoms with Crippen LogP contribution < -0.4 is 0 Å². The van der Waals surface area contributed by atoms with Crippen LogP contribution in [0.5, 0.6) is 0 Å². The van der Waals surface area contributed by atoms with Crippen molar-refractivity contribution < 1.29 is 24.2 Å². The normalized spacial score (nSPS) is 29.9. The topological polar surface area (TPSA) is 90.4 Å². The summed E-state index contributed by atoms with van der Waals surface area (Å²) in [6, 6.07) is -0.740. The average Bonchev–Trinajstić information content (AvgIpc) is 3.49. The molecule has 3 aliphatic heterocycles. The molecule has 0 aromatic rings. The predicted molar refractivity (Wildman–Crippen MR) is 144 cm³/mol. The van der Waals surface area contributed by atoms with E-state index in [1.54, 1.807) is 33.9 Å². The minimum Gasteiger partial charge on any atom is -0.396 e. The molecular formula is C29H47N3O5. The number of ether oxygens (including phenoxy) is 1. The van der Waals surface area contributed by atoms with Crippen LogP contribution in [0.1, 0.15) is 71.6 Å². The van der Waals surface area contributed by atoms with Crippen molar-refractivity contribution in [3.05, 3.63) is 25.3 Å². The highest BCUT2D eigenvalue weighted by Gasteiger charge is 2.78. The van der Waals surface area contributed by atoms with Gasteiger partial charge in [-0.05, 0) is 38.5 Å². The summed E-state index contributed by atoms with van der Waals surface area (Å²) < 4.78 is 6.85. The monoisotopic (exact) mass is 517 g/mol. The molecule has 3 fully saturated rings. The summed E-state index contributed by atoms with van der Waals surface area (Å²) in [7, 11) is 1.74. The maximum absolute atomic E-state index is 14.2. The summed E-state index contributed by atoms with van der Waals surface area (Å²) in [5.74, 6) is -1.61. The van der Waals surface area contributed by atoms with E-state index < -0.39 is 29.1 Å². The number of likely N-dealkylation sites (tertiary alicyclic amines) is 1. The third-order valence-corrected chi connectivity index (χ3v) is 8.71. The Bertz CT molecular complexity index is 862. The van der Waals surface area contributed by atoms with Crippen LogP contribution >= 0.6 is 0 Å². The number of likely N-dealkylation sites (N-methyl/N-ethyl adjacent to an activating group) is 1. The zero-order chi connectivity index (χ0) is 27.2. The minimum absolute atomic E-state index is 0.0981. The van der Waals surface area contributed by atoms with Gasteiger partial charge in [0.2, 0.25) is 17.7 Å². The third kappa shape index (κ3) is 5.24. The van der Waals surface area contributed by atoms with Gasteiger partial charge in [-0.3, -0.25) is 14.4 Å². The number of unbranched alkanes of at least 4 members (excludes halogenated alkanes) is 4. The highest BCUT2D eigenvalue weighted by molar-refractivity contribution is 5.99. The zero-order valence-electron chi connectivity index (χ0n) is 23.1. The van der Waals surface area contributed by atoms with E-state index in [4.69, 9.17) is 9.84 Å². The molecule has 5 atom stereocenters. The van der Waals surface area contributed by atoms with E-state index in [0.29, 0.717) is 45.4 Å². The van der Waals surface area contributed by atoms with Crippen molar-refractivity contribution in [2.75, 3.05) is 39.8 Å². The Morgan fingerprint density at radius 1 is 1.08 bits per heavy atom. The molecule has 2 bridgehead atoms. The number of amides is 3. The lowest BCUT2D eigenvalue weighted by Gasteiger charge is -2.37. The van der Waals surface area contributed by atoms with Gasteiger partial charge >= 0.3 is 0 Å². The fraction of sp³-hybridized carbons (Fsp3) is 0.759. The highest BCUT2D eigenvalue weighted by Crippen LogP contribution is 2.64. The molecule has 8 heteroatoms. The van der Waals surface area contributed by atoms with E-state index in [9.17, 15) is 14.4 Å². The lowest BCUT2D eigenvalue weighted by Crippen LogP contribution is -2.56. The molecule has 0 saturated carbocycles. The van der Waals surface area contributed by atoms with Gasteiger partial charge in [0, 0.05) is 39.8 Å². The van der Waals surface area contributed by atoms with Crippen LogP contribution in [0, 0.1) is 11.8 Å². The van der Waals surface area contributed by atoms with Crippen molar-refractivity contribution in [3.8, 4) is 0 Å². The first-order valence-corrected chi connectivity index (χ1v) is 14.2. The largest absolute Gasteiger partial charge is 0.396 e. The molecule has 3 aliphatic rings. The van der Waals surface area contributed by atoms with Crippen LogP contribution in [0.3, 0.4) is 0 Å². The maximum Gasteiger partial charge on any atom is 0.248 e. The standard InChI is InChI=1S/C29H47N3O5/c1-6-10-19-31(18-8-3)27(36)24-29-16-15-28(9-4,37-29)22(25(34)30(5)17-7-2)23(29)26(35)32(24)20-13-11-12-14-21-33/h7-8,22-24,33H,2-3,6,9-21H2,1,4-5H3/t22-,23-,24?,28+,29?/m0/s1. The second-order valence-electron chi connectivity index (χ2n) is 10.9. The van der Waals surface area contributed by atoms with E-state index in [2.05, 4.69) is 20.1 Å². The van der Waals surface area contributed by atoms with E-state index >= 15 is 0 Å². The lowest BCUT2D eigenvalue weighted by molar-refractivity contribution is -0.154. The van der Waals surface area contributed by atoms with E-state index in [-0.39, 0.29) is 24.3 Å². The molecule has 0 radical (unpaired) electrons. The Labute approximate surface area is 222 Å². The van der Waals surface area contributed by atoms with Gasteiger partial charge in [-0.2, -0.15) is 0 Å². The van der Waals surface area contributed by atoms with Gasteiger partial charge < -0.3 is 24.5 Å². The summed E-state index contributed by atoms with van der Waals surface area (Å²) in [6.45, 7) is 13.7. The molecule has 3 amide bonds. The first-order valence-electron chi connectivity index (χ1n) is 14.2. The predicted octanol–water partition coefficient (Wildman–Crippen LogP) is 3.15. The number of aliphatic hydroxyl groups excluding tert-OH is 1. The smallest absolute Gasteiger partial charge is 0.248 e. The van der Waals surface area contributed by atoms with Crippen LogP contribution in [0.2, 0.25) is 0 Å². The first-order chi connectivity index (χ1) is 17.8. The van der Waals surface area contributed by atoms with Gasteiger partial charge in [0.25, 0.3) is 0 Å². The Hall–Kier alpha value is -2.19. The molecule has 37 heavy (non-hydrogen) atoms. The van der Waals surface area contributed by atoms with Crippen LogP contribution in [0.4, 0.5) is 0 Å². The Morgan fingerprint density at radius 3 is 2.41 bits per heavy atom. The molecule has 2 unspecified atom stereocenters. The molecule has 3 saturated heterocycles. The number of fused-ring (bicyclic) bond motifs is 1. The van der Waals surface area contributed by atoms with E-state index in [1.807, 2.05) is 6.92 Å². The number of aliphatic hydroxyl groups is 1. The number of rotatable bonds is 16. The fourth-order valence-corrected chi connectivity index (χ4v) is 6.85. The maximum atomic E-state index is 14.2. The number of nitrogens with zero attached hydrogens (tertiary/aromatic N) is 3. The van der Waals surface area contributed by atoms with Crippen LogP contribution in [0.25, 0.3) is 0 Å². The molecule has 8 nitrogen and oxygen atoms in total. The van der Waals surface area contributed by atoms with Crippen molar-refractivity contribution in [3.63, 3.8) is 0 Å². The summed E-state index contributed by atoms with van der Waals surface area (Å²) >= 11 is 0. The molecule has 208 valence electrons. The second kappa shape index (κ2) is 12.6. The van der Waals surface area contributed by atoms with E-state index in [0.717, 1.165) is 38.5 Å². The second-order valence-corrected chi connectivity index (χ2v) is 10.9. The molecule has 3 rings (SSSR count). The summed E-state index contributed by atoms with van der Waals surface area (Å²) in [4.78, 5) is 47.3. The first kappa shape index (κ1) is 29.4. The Balaban J connectivity index is 2.01. The van der Waals surface area contributed by atoms with Crippen molar-refractivity contribution in [2.24, 2.45) is 11.8 Å². The Kier molecular flexibility index (Phi) is 9.98. The summed E-state index contributed by atoms with van der Waals surface area (Å²) in [5.41, 5.74) is -1.72. The SMILES string of the molecule is C=CCN(C)C(=O)[C@@H]1[C@H]2C(=O)N(CCCCCCO)C(C(=O)N(CC=C)CCCC)C23CC[C@@]1(CC)O3. The summed E-state index contributed by atoms with van der Waals surface area (Å²) in [5, 5.41) is 9.13. The Morgan fingerprint density at radius 2 is 1.78 bits per heavy atom. The molecule has 3 heterocycles. The van der Waals surface area contributed by atoms with Crippen molar-refractivity contribution in [1.29, 1.82) is 0 Å². The molecule has 1 spiro atoms. The van der Waals surface area contributed by atoms with E-state index in [1.165, 1.54) is 0 Å². The van der Waals surface area contributed by atoms with Crippen LogP contribution in [-0.2, 0) is 19.1 Å². The van der Waals surface area contributed by atoms with Gasteiger partial charge in [0.1, 0.15) is 11.6 Å². The molecule has 0 aromatic carbocycles. The molecule has 0 aromatic heterocycles. The fourth-order valence-electron chi connectivity index (χ4n) is 6.85. The highest BCUT2D eigenvalue weighted by atomic mass is 16.5. The van der Waals surface area contributed by atoms with Crippen molar-refractivity contribution >= 4 is 17.7 Å². The summed E-state index contributed by atoms with van der Waals surface area (Å²) in [6.07, 6.45) is 10.3. The third-order valence-electron chi connectivity index (χ3n) is 8.71. The molecule has 0 aliphatic carbocycles. The van der Waals surface area contributed by atoms with Gasteiger partial charge in [-0.1, -0.05) is 45.3 Å². The zero-order valence-corrected chi connectivity index (χ0v) is 23.1. The number of hydrogen-bond donors (Lipinski definition) is 1. The minimum atomic E-state index is -0.990. The molecule has 1 N–H and O–H groups in total. The van der Waals surface area contributed by atoms with Crippen molar-refractivity contribution in [2.45, 2.75) is 88.9 Å². The van der Waals surface area contributed by atoms with Gasteiger partial charge in [0.15, 0.2) is 0 Å². The van der Waals surface area contributed by atoms with Gasteiger partial charge in [0.05, 0.1) is 17.4 Å². The molecular weight excluding hydrogens is 470 g/mol. The lowest BCUT2D eigenvalue weighted by atomic mass is 9.64.